The number of carbonyl (C=O) groups excluding carboxylic acids is 1. The number of benzene rings is 3. The fourth-order valence-corrected chi connectivity index (χ4v) is 2.87. The van der Waals surface area contributed by atoms with Crippen LogP contribution in [0.1, 0.15) is 10.4 Å². The van der Waals surface area contributed by atoms with Crippen LogP contribution < -0.4 is 5.32 Å². The summed E-state index contributed by atoms with van der Waals surface area (Å²) in [5.41, 5.74) is 2.97. The van der Waals surface area contributed by atoms with Gasteiger partial charge in [-0.2, -0.15) is 0 Å². The molecule has 23 heavy (non-hydrogen) atoms. The first kappa shape index (κ1) is 14.0. The van der Waals surface area contributed by atoms with Gasteiger partial charge in [0.1, 0.15) is 11.2 Å². The maximum atomic E-state index is 12.4. The van der Waals surface area contributed by atoms with Gasteiger partial charge in [0.25, 0.3) is 5.91 Å². The summed E-state index contributed by atoms with van der Waals surface area (Å²) in [6.45, 7) is 0. The Morgan fingerprint density at radius 2 is 1.61 bits per heavy atom. The van der Waals surface area contributed by atoms with E-state index in [0.29, 0.717) is 5.56 Å². The van der Waals surface area contributed by atoms with Gasteiger partial charge in [-0.25, -0.2) is 0 Å². The van der Waals surface area contributed by atoms with Gasteiger partial charge < -0.3 is 9.73 Å². The lowest BCUT2D eigenvalue weighted by Crippen LogP contribution is -2.11. The summed E-state index contributed by atoms with van der Waals surface area (Å²) in [7, 11) is 0. The van der Waals surface area contributed by atoms with Crippen LogP contribution >= 0.6 is 15.9 Å². The van der Waals surface area contributed by atoms with E-state index in [-0.39, 0.29) is 5.91 Å². The molecule has 0 spiro atoms. The topological polar surface area (TPSA) is 42.2 Å². The second-order valence-corrected chi connectivity index (χ2v) is 6.19. The van der Waals surface area contributed by atoms with Crippen LogP contribution in [-0.4, -0.2) is 5.91 Å². The molecule has 0 radical (unpaired) electrons. The molecular weight excluding hydrogens is 354 g/mol. The van der Waals surface area contributed by atoms with Crippen molar-refractivity contribution in [2.75, 3.05) is 5.32 Å². The van der Waals surface area contributed by atoms with Crippen molar-refractivity contribution in [3.63, 3.8) is 0 Å². The molecule has 1 N–H and O–H groups in total. The molecule has 0 aliphatic heterocycles. The molecule has 4 aromatic rings. The maximum Gasteiger partial charge on any atom is 0.255 e. The number of nitrogens with one attached hydrogen (secondary N) is 1. The van der Waals surface area contributed by atoms with Crippen LogP contribution in [0, 0.1) is 0 Å². The van der Waals surface area contributed by atoms with Crippen molar-refractivity contribution in [1.82, 2.24) is 0 Å². The Morgan fingerprint density at radius 3 is 2.43 bits per heavy atom. The highest BCUT2D eigenvalue weighted by atomic mass is 79.9. The van der Waals surface area contributed by atoms with Gasteiger partial charge in [-0.3, -0.25) is 4.79 Å². The minimum Gasteiger partial charge on any atom is -0.456 e. The Balaban J connectivity index is 1.71. The Morgan fingerprint density at radius 1 is 0.870 bits per heavy atom. The smallest absolute Gasteiger partial charge is 0.255 e. The lowest BCUT2D eigenvalue weighted by Gasteiger charge is -2.05. The zero-order valence-corrected chi connectivity index (χ0v) is 13.6. The number of anilines is 1. The van der Waals surface area contributed by atoms with Crippen molar-refractivity contribution >= 4 is 49.5 Å². The summed E-state index contributed by atoms with van der Waals surface area (Å²) in [5.74, 6) is -0.139. The van der Waals surface area contributed by atoms with E-state index in [1.807, 2.05) is 60.7 Å². The number of hydrogen-bond acceptors (Lipinski definition) is 2. The van der Waals surface area contributed by atoms with E-state index < -0.39 is 0 Å². The zero-order valence-electron chi connectivity index (χ0n) is 12.0. The zero-order chi connectivity index (χ0) is 15.8. The number of hydrogen-bond donors (Lipinski definition) is 1. The summed E-state index contributed by atoms with van der Waals surface area (Å²) in [6, 6.07) is 20.8. The average Bonchev–Trinajstić information content (AvgIpc) is 2.94. The quantitative estimate of drug-likeness (QED) is 0.502. The van der Waals surface area contributed by atoms with Gasteiger partial charge >= 0.3 is 0 Å². The molecule has 112 valence electrons. The fourth-order valence-electron chi connectivity index (χ4n) is 2.60. The van der Waals surface area contributed by atoms with Gasteiger partial charge in [0, 0.05) is 26.5 Å². The number of fused-ring (bicyclic) bond motifs is 3. The van der Waals surface area contributed by atoms with Crippen LogP contribution in [0.25, 0.3) is 21.9 Å². The largest absolute Gasteiger partial charge is 0.456 e. The number of carbonyl (C=O) groups is 1. The Kier molecular flexibility index (Phi) is 3.39. The lowest BCUT2D eigenvalue weighted by molar-refractivity contribution is 0.102. The third kappa shape index (κ3) is 2.62. The lowest BCUT2D eigenvalue weighted by atomic mass is 10.1. The van der Waals surface area contributed by atoms with E-state index in [4.69, 9.17) is 4.42 Å². The molecule has 0 aliphatic carbocycles. The summed E-state index contributed by atoms with van der Waals surface area (Å²) in [4.78, 5) is 12.4. The molecule has 0 bridgehead atoms. The van der Waals surface area contributed by atoms with Crippen molar-refractivity contribution in [3.8, 4) is 0 Å². The number of rotatable bonds is 2. The minimum atomic E-state index is -0.139. The van der Waals surface area contributed by atoms with Crippen LogP contribution in [0.4, 0.5) is 5.69 Å². The molecule has 4 heteroatoms. The summed E-state index contributed by atoms with van der Waals surface area (Å²) in [5, 5.41) is 4.86. The van der Waals surface area contributed by atoms with E-state index in [1.165, 1.54) is 0 Å². The van der Waals surface area contributed by atoms with Gasteiger partial charge in [0.2, 0.25) is 0 Å². The fraction of sp³-hybridized carbons (Fsp3) is 0. The van der Waals surface area contributed by atoms with Crippen molar-refractivity contribution in [1.29, 1.82) is 0 Å². The number of para-hydroxylation sites is 1. The van der Waals surface area contributed by atoms with Crippen LogP contribution in [0.15, 0.2) is 75.6 Å². The number of halogens is 1. The average molecular weight is 366 g/mol. The van der Waals surface area contributed by atoms with Crippen LogP contribution in [-0.2, 0) is 0 Å². The van der Waals surface area contributed by atoms with E-state index in [2.05, 4.69) is 21.2 Å². The molecule has 1 amide bonds. The van der Waals surface area contributed by atoms with Crippen LogP contribution in [0.3, 0.4) is 0 Å². The van der Waals surface area contributed by atoms with Crippen LogP contribution in [0.2, 0.25) is 0 Å². The van der Waals surface area contributed by atoms with E-state index in [9.17, 15) is 4.79 Å². The number of amides is 1. The Bertz CT molecular complexity index is 1020. The van der Waals surface area contributed by atoms with Crippen molar-refractivity contribution in [3.05, 3.63) is 76.8 Å². The normalized spacial score (nSPS) is 11.0. The molecule has 3 aromatic carbocycles. The van der Waals surface area contributed by atoms with Gasteiger partial charge in [-0.15, -0.1) is 0 Å². The molecule has 0 atom stereocenters. The standard InChI is InChI=1S/C19H12BrNO2/c20-13-6-8-14(9-7-13)21-19(22)12-5-10-18-16(11-12)15-3-1-2-4-17(15)23-18/h1-11H,(H,21,22). The van der Waals surface area contributed by atoms with Crippen molar-refractivity contribution in [2.45, 2.75) is 0 Å². The molecule has 0 fully saturated rings. The van der Waals surface area contributed by atoms with Crippen LogP contribution in [0.5, 0.6) is 0 Å². The second-order valence-electron chi connectivity index (χ2n) is 5.27. The molecule has 0 saturated carbocycles. The highest BCUT2D eigenvalue weighted by Gasteiger charge is 2.11. The van der Waals surface area contributed by atoms with Gasteiger partial charge in [0.15, 0.2) is 0 Å². The molecule has 1 heterocycles. The monoisotopic (exact) mass is 365 g/mol. The molecule has 0 saturated heterocycles. The predicted molar refractivity (Wildman–Crippen MR) is 95.8 cm³/mol. The van der Waals surface area contributed by atoms with Crippen molar-refractivity contribution < 1.29 is 9.21 Å². The first-order valence-electron chi connectivity index (χ1n) is 7.19. The second kappa shape index (κ2) is 5.56. The summed E-state index contributed by atoms with van der Waals surface area (Å²) < 4.78 is 6.76. The SMILES string of the molecule is O=C(Nc1ccc(Br)cc1)c1ccc2oc3ccccc3c2c1. The Hall–Kier alpha value is -2.59. The molecule has 1 aromatic heterocycles. The highest BCUT2D eigenvalue weighted by molar-refractivity contribution is 9.10. The summed E-state index contributed by atoms with van der Waals surface area (Å²) in [6.07, 6.45) is 0. The van der Waals surface area contributed by atoms with Gasteiger partial charge in [-0.05, 0) is 48.5 Å². The first-order valence-corrected chi connectivity index (χ1v) is 7.98. The van der Waals surface area contributed by atoms with Gasteiger partial charge in [0.05, 0.1) is 0 Å². The molecule has 4 rings (SSSR count). The number of furan rings is 1. The molecule has 0 unspecified atom stereocenters. The van der Waals surface area contributed by atoms with E-state index in [1.54, 1.807) is 6.07 Å². The van der Waals surface area contributed by atoms with E-state index >= 15 is 0 Å². The molecular formula is C19H12BrNO2. The third-order valence-corrected chi connectivity index (χ3v) is 4.27. The summed E-state index contributed by atoms with van der Waals surface area (Å²) >= 11 is 3.38. The predicted octanol–water partition coefficient (Wildman–Crippen LogP) is 5.60. The third-order valence-electron chi connectivity index (χ3n) is 3.74. The first-order chi connectivity index (χ1) is 11.2. The Labute approximate surface area is 141 Å². The van der Waals surface area contributed by atoms with E-state index in [0.717, 1.165) is 32.1 Å². The maximum absolute atomic E-state index is 12.4. The van der Waals surface area contributed by atoms with Gasteiger partial charge in [-0.1, -0.05) is 34.1 Å². The van der Waals surface area contributed by atoms with Crippen molar-refractivity contribution in [2.24, 2.45) is 0 Å². The minimum absolute atomic E-state index is 0.139. The highest BCUT2D eigenvalue weighted by Crippen LogP contribution is 2.29. The molecule has 3 nitrogen and oxygen atoms in total. The molecule has 0 aliphatic rings.